The molecule has 0 heterocycles. The third-order valence-corrected chi connectivity index (χ3v) is 3.24. The van der Waals surface area contributed by atoms with Crippen molar-refractivity contribution in [3.05, 3.63) is 0 Å². The zero-order valence-electron chi connectivity index (χ0n) is 6.79. The number of rotatable bonds is 0. The van der Waals surface area contributed by atoms with Crippen LogP contribution in [-0.2, 0) is 0 Å². The average Bonchev–Trinajstić information content (AvgIpc) is 2.47. The average molecular weight is 153 g/mol. The maximum atomic E-state index is 8.69. The molecule has 0 unspecified atom stereocenters. The highest BCUT2D eigenvalue weighted by Gasteiger charge is 2.34. The van der Waals surface area contributed by atoms with Crippen LogP contribution in [0.25, 0.3) is 0 Å². The number of fused-ring (bicyclic) bond motifs is 1. The predicted octanol–water partition coefficient (Wildman–Crippen LogP) is 2.42. The van der Waals surface area contributed by atoms with E-state index in [1.807, 2.05) is 0 Å². The van der Waals surface area contributed by atoms with E-state index in [0.717, 1.165) is 18.1 Å². The molecule has 1 N–H and O–H groups in total. The highest BCUT2D eigenvalue weighted by Crippen LogP contribution is 2.40. The first-order chi connectivity index (χ1) is 5.42. The molecule has 2 aliphatic rings. The molecule has 2 rings (SSSR count). The van der Waals surface area contributed by atoms with Crippen molar-refractivity contribution >= 4 is 5.71 Å². The molecule has 0 aromatic rings. The van der Waals surface area contributed by atoms with Gasteiger partial charge in [-0.15, -0.1) is 0 Å². The molecule has 2 fully saturated rings. The molecule has 62 valence electrons. The Balaban J connectivity index is 2.10. The fourth-order valence-electron chi connectivity index (χ4n) is 2.63. The van der Waals surface area contributed by atoms with Gasteiger partial charge >= 0.3 is 0 Å². The molecule has 0 radical (unpaired) electrons. The summed E-state index contributed by atoms with van der Waals surface area (Å²) in [6, 6.07) is 0. The van der Waals surface area contributed by atoms with Gasteiger partial charge in [-0.05, 0) is 31.6 Å². The van der Waals surface area contributed by atoms with Crippen molar-refractivity contribution in [1.29, 1.82) is 0 Å². The Hall–Kier alpha value is -0.530. The highest BCUT2D eigenvalue weighted by molar-refractivity contribution is 5.88. The minimum absolute atomic E-state index is 0.647. The second-order valence-electron chi connectivity index (χ2n) is 3.78. The highest BCUT2D eigenvalue weighted by atomic mass is 16.4. The normalized spacial score (nSPS) is 40.9. The minimum atomic E-state index is 0.647. The van der Waals surface area contributed by atoms with Crippen LogP contribution in [0.15, 0.2) is 5.16 Å². The molecular formula is C9H15NO. The quantitative estimate of drug-likeness (QED) is 0.420. The van der Waals surface area contributed by atoms with Gasteiger partial charge in [-0.25, -0.2) is 0 Å². The van der Waals surface area contributed by atoms with Gasteiger partial charge in [-0.3, -0.25) is 0 Å². The lowest BCUT2D eigenvalue weighted by Crippen LogP contribution is -2.18. The van der Waals surface area contributed by atoms with Gasteiger partial charge < -0.3 is 5.21 Å². The Kier molecular flexibility index (Phi) is 1.84. The summed E-state index contributed by atoms with van der Waals surface area (Å²) in [5.74, 6) is 1.50. The van der Waals surface area contributed by atoms with Gasteiger partial charge in [0.05, 0.1) is 5.71 Å². The zero-order chi connectivity index (χ0) is 7.68. The third kappa shape index (κ3) is 1.15. The van der Waals surface area contributed by atoms with Crippen LogP contribution in [-0.4, -0.2) is 10.9 Å². The molecule has 2 aliphatic carbocycles. The van der Waals surface area contributed by atoms with Crippen LogP contribution in [0.1, 0.15) is 38.5 Å². The van der Waals surface area contributed by atoms with E-state index in [4.69, 9.17) is 5.21 Å². The van der Waals surface area contributed by atoms with Gasteiger partial charge in [0.15, 0.2) is 0 Å². The molecule has 0 bridgehead atoms. The summed E-state index contributed by atoms with van der Waals surface area (Å²) in [5.41, 5.74) is 1.08. The number of oxime groups is 1. The molecule has 11 heavy (non-hydrogen) atoms. The molecule has 0 aromatic heterocycles. The maximum Gasteiger partial charge on any atom is 0.0604 e. The van der Waals surface area contributed by atoms with Gasteiger partial charge in [0.2, 0.25) is 0 Å². The molecular weight excluding hydrogens is 138 g/mol. The van der Waals surface area contributed by atoms with Gasteiger partial charge in [-0.2, -0.15) is 0 Å². The first kappa shape index (κ1) is 7.14. The van der Waals surface area contributed by atoms with E-state index in [0.29, 0.717) is 5.92 Å². The predicted molar refractivity (Wildman–Crippen MR) is 43.9 cm³/mol. The lowest BCUT2D eigenvalue weighted by molar-refractivity contribution is 0.294. The van der Waals surface area contributed by atoms with Crippen LogP contribution < -0.4 is 0 Å². The van der Waals surface area contributed by atoms with Crippen molar-refractivity contribution in [3.63, 3.8) is 0 Å². The molecule has 2 saturated carbocycles. The van der Waals surface area contributed by atoms with E-state index < -0.39 is 0 Å². The molecule has 0 aliphatic heterocycles. The van der Waals surface area contributed by atoms with E-state index >= 15 is 0 Å². The largest absolute Gasteiger partial charge is 0.411 e. The topological polar surface area (TPSA) is 32.6 Å². The van der Waals surface area contributed by atoms with Gasteiger partial charge in [0, 0.05) is 5.92 Å². The van der Waals surface area contributed by atoms with Gasteiger partial charge in [-0.1, -0.05) is 18.0 Å². The van der Waals surface area contributed by atoms with Crippen molar-refractivity contribution in [2.45, 2.75) is 38.5 Å². The summed E-state index contributed by atoms with van der Waals surface area (Å²) in [6.07, 6.45) is 7.67. The Bertz CT molecular complexity index is 176. The zero-order valence-corrected chi connectivity index (χ0v) is 6.79. The Morgan fingerprint density at radius 3 is 2.82 bits per heavy atom. The van der Waals surface area contributed by atoms with Crippen molar-refractivity contribution in [3.8, 4) is 0 Å². The lowest BCUT2D eigenvalue weighted by Gasteiger charge is -2.24. The standard InChI is InChI=1S/C9H15NO/c11-10-9-6-5-7-3-1-2-4-8(7)9/h7-8,11H,1-6H2/b10-9+/t7-,8+/m0/s1. The number of nitrogens with zero attached hydrogens (tertiary/aromatic N) is 1. The van der Waals surface area contributed by atoms with Crippen LogP contribution in [0.4, 0.5) is 0 Å². The first-order valence-electron chi connectivity index (χ1n) is 4.62. The Morgan fingerprint density at radius 2 is 2.00 bits per heavy atom. The van der Waals surface area contributed by atoms with E-state index in [2.05, 4.69) is 5.16 Å². The van der Waals surface area contributed by atoms with Gasteiger partial charge in [0.1, 0.15) is 0 Å². The van der Waals surface area contributed by atoms with Crippen molar-refractivity contribution in [2.75, 3.05) is 0 Å². The monoisotopic (exact) mass is 153 g/mol. The molecule has 0 aromatic carbocycles. The van der Waals surface area contributed by atoms with Crippen LogP contribution in [0.3, 0.4) is 0 Å². The van der Waals surface area contributed by atoms with E-state index in [-0.39, 0.29) is 0 Å². The molecule has 0 saturated heterocycles. The molecule has 2 atom stereocenters. The SMILES string of the molecule is O/N=C1\CC[C@@H]2CCCC[C@@H]12. The van der Waals surface area contributed by atoms with Crippen LogP contribution in [0, 0.1) is 11.8 Å². The summed E-state index contributed by atoms with van der Waals surface area (Å²) in [4.78, 5) is 0. The van der Waals surface area contributed by atoms with E-state index in [9.17, 15) is 0 Å². The summed E-state index contributed by atoms with van der Waals surface area (Å²) in [7, 11) is 0. The van der Waals surface area contributed by atoms with Gasteiger partial charge in [0.25, 0.3) is 0 Å². The second kappa shape index (κ2) is 2.84. The summed E-state index contributed by atoms with van der Waals surface area (Å²) < 4.78 is 0. The fourth-order valence-corrected chi connectivity index (χ4v) is 2.63. The molecule has 0 spiro atoms. The smallest absolute Gasteiger partial charge is 0.0604 e. The van der Waals surface area contributed by atoms with Crippen molar-refractivity contribution < 1.29 is 5.21 Å². The summed E-state index contributed by atoms with van der Waals surface area (Å²) >= 11 is 0. The minimum Gasteiger partial charge on any atom is -0.411 e. The number of hydrogen-bond acceptors (Lipinski definition) is 2. The molecule has 2 heteroatoms. The second-order valence-corrected chi connectivity index (χ2v) is 3.78. The lowest BCUT2D eigenvalue weighted by atomic mass is 9.81. The summed E-state index contributed by atoms with van der Waals surface area (Å²) in [5, 5.41) is 12.1. The van der Waals surface area contributed by atoms with E-state index in [1.54, 1.807) is 0 Å². The van der Waals surface area contributed by atoms with Crippen molar-refractivity contribution in [2.24, 2.45) is 17.0 Å². The van der Waals surface area contributed by atoms with Crippen LogP contribution in [0.2, 0.25) is 0 Å². The Labute approximate surface area is 67.3 Å². The van der Waals surface area contributed by atoms with Crippen LogP contribution in [0.5, 0.6) is 0 Å². The fraction of sp³-hybridized carbons (Fsp3) is 0.889. The Morgan fingerprint density at radius 1 is 1.18 bits per heavy atom. The summed E-state index contributed by atoms with van der Waals surface area (Å²) in [6.45, 7) is 0. The number of hydrogen-bond donors (Lipinski definition) is 1. The molecule has 2 nitrogen and oxygen atoms in total. The first-order valence-corrected chi connectivity index (χ1v) is 4.62. The van der Waals surface area contributed by atoms with Crippen molar-refractivity contribution in [1.82, 2.24) is 0 Å². The molecule has 0 amide bonds. The maximum absolute atomic E-state index is 8.69. The van der Waals surface area contributed by atoms with E-state index in [1.165, 1.54) is 32.1 Å². The van der Waals surface area contributed by atoms with Crippen LogP contribution >= 0.6 is 0 Å². The third-order valence-electron chi connectivity index (χ3n) is 3.24.